The van der Waals surface area contributed by atoms with Gasteiger partial charge in [-0.1, -0.05) is 25.7 Å². The summed E-state index contributed by atoms with van der Waals surface area (Å²) in [5.41, 5.74) is 4.93. The van der Waals surface area contributed by atoms with Gasteiger partial charge in [0.2, 0.25) is 10.0 Å². The van der Waals surface area contributed by atoms with Gasteiger partial charge in [0.05, 0.1) is 5.69 Å². The fourth-order valence-electron chi connectivity index (χ4n) is 2.43. The summed E-state index contributed by atoms with van der Waals surface area (Å²) < 4.78 is 53.6. The third-order valence-corrected chi connectivity index (χ3v) is 5.05. The molecule has 0 amide bonds. The maximum atomic E-state index is 13.6. The highest BCUT2D eigenvalue weighted by Gasteiger charge is 2.25. The lowest BCUT2D eigenvalue weighted by molar-refractivity contribution is 0.502. The SMILES string of the molecule is Nc1cc(S(=O)(=O)NC2CCCCCC2)c(F)cc1F. The summed E-state index contributed by atoms with van der Waals surface area (Å²) in [6, 6.07) is 1.12. The molecule has 0 radical (unpaired) electrons. The molecule has 1 fully saturated rings. The van der Waals surface area contributed by atoms with E-state index in [1.165, 1.54) is 0 Å². The molecule has 0 saturated heterocycles. The van der Waals surface area contributed by atoms with Crippen LogP contribution >= 0.6 is 0 Å². The topological polar surface area (TPSA) is 72.2 Å². The highest BCUT2D eigenvalue weighted by Crippen LogP contribution is 2.23. The van der Waals surface area contributed by atoms with Crippen LogP contribution in [0.3, 0.4) is 0 Å². The van der Waals surface area contributed by atoms with Crippen LogP contribution in [0.25, 0.3) is 0 Å². The summed E-state index contributed by atoms with van der Waals surface area (Å²) in [5, 5.41) is 0. The zero-order chi connectivity index (χ0) is 14.8. The van der Waals surface area contributed by atoms with Crippen molar-refractivity contribution in [2.24, 2.45) is 0 Å². The van der Waals surface area contributed by atoms with E-state index in [1.807, 2.05) is 0 Å². The summed E-state index contributed by atoms with van der Waals surface area (Å²) in [6.45, 7) is 0. The summed E-state index contributed by atoms with van der Waals surface area (Å²) >= 11 is 0. The average Bonchev–Trinajstić information content (AvgIpc) is 2.61. The van der Waals surface area contributed by atoms with E-state index in [4.69, 9.17) is 5.73 Å². The molecule has 0 unspecified atom stereocenters. The van der Waals surface area contributed by atoms with Crippen molar-refractivity contribution in [2.45, 2.75) is 49.5 Å². The van der Waals surface area contributed by atoms with Gasteiger partial charge in [-0.2, -0.15) is 0 Å². The molecule has 0 aliphatic heterocycles. The second kappa shape index (κ2) is 6.05. The number of hydrogen-bond acceptors (Lipinski definition) is 3. The Morgan fingerprint density at radius 1 is 1.05 bits per heavy atom. The van der Waals surface area contributed by atoms with Gasteiger partial charge in [0.1, 0.15) is 16.5 Å². The molecule has 0 atom stereocenters. The maximum absolute atomic E-state index is 13.6. The molecule has 0 heterocycles. The van der Waals surface area contributed by atoms with Crippen molar-refractivity contribution in [2.75, 3.05) is 5.73 Å². The van der Waals surface area contributed by atoms with Gasteiger partial charge in [-0.05, 0) is 18.9 Å². The van der Waals surface area contributed by atoms with Crippen molar-refractivity contribution >= 4 is 15.7 Å². The summed E-state index contributed by atoms with van der Waals surface area (Å²) in [5.74, 6) is -2.09. The zero-order valence-corrected chi connectivity index (χ0v) is 11.8. The van der Waals surface area contributed by atoms with Gasteiger partial charge in [0.15, 0.2) is 0 Å². The monoisotopic (exact) mass is 304 g/mol. The lowest BCUT2D eigenvalue weighted by Crippen LogP contribution is -2.35. The smallest absolute Gasteiger partial charge is 0.243 e. The first-order chi connectivity index (χ1) is 9.40. The first-order valence-electron chi connectivity index (χ1n) is 6.67. The number of nitrogens with one attached hydrogen (secondary N) is 1. The minimum Gasteiger partial charge on any atom is -0.396 e. The largest absolute Gasteiger partial charge is 0.396 e. The molecule has 1 aromatic carbocycles. The van der Waals surface area contributed by atoms with Crippen LogP contribution in [0.15, 0.2) is 17.0 Å². The molecule has 0 spiro atoms. The lowest BCUT2D eigenvalue weighted by atomic mass is 10.1. The molecule has 0 aromatic heterocycles. The van der Waals surface area contributed by atoms with E-state index in [-0.39, 0.29) is 11.7 Å². The first-order valence-corrected chi connectivity index (χ1v) is 8.15. The van der Waals surface area contributed by atoms with Crippen LogP contribution in [0.1, 0.15) is 38.5 Å². The Labute approximate surface area is 117 Å². The second-order valence-electron chi connectivity index (χ2n) is 5.11. The summed E-state index contributed by atoms with van der Waals surface area (Å²) in [4.78, 5) is -0.597. The van der Waals surface area contributed by atoms with Gasteiger partial charge < -0.3 is 5.73 Å². The number of nitrogen functional groups attached to an aromatic ring is 1. The molecule has 1 aliphatic rings. The molecule has 112 valence electrons. The predicted molar refractivity (Wildman–Crippen MR) is 72.6 cm³/mol. The van der Waals surface area contributed by atoms with Crippen molar-refractivity contribution in [1.82, 2.24) is 4.72 Å². The number of halogens is 2. The molecule has 1 aromatic rings. The van der Waals surface area contributed by atoms with E-state index in [0.29, 0.717) is 6.07 Å². The number of nitrogens with two attached hydrogens (primary N) is 1. The molecule has 0 bridgehead atoms. The molecule has 20 heavy (non-hydrogen) atoms. The lowest BCUT2D eigenvalue weighted by Gasteiger charge is -2.17. The van der Waals surface area contributed by atoms with Gasteiger partial charge in [-0.3, -0.25) is 0 Å². The first kappa shape index (κ1) is 15.2. The molecule has 7 heteroatoms. The van der Waals surface area contributed by atoms with Gasteiger partial charge in [0.25, 0.3) is 0 Å². The van der Waals surface area contributed by atoms with E-state index in [2.05, 4.69) is 4.72 Å². The van der Waals surface area contributed by atoms with Crippen molar-refractivity contribution < 1.29 is 17.2 Å². The van der Waals surface area contributed by atoms with Gasteiger partial charge in [-0.15, -0.1) is 0 Å². The molecule has 3 N–H and O–H groups in total. The Balaban J connectivity index is 2.23. The normalized spacial score (nSPS) is 17.9. The van der Waals surface area contributed by atoms with Crippen LogP contribution < -0.4 is 10.5 Å². The quantitative estimate of drug-likeness (QED) is 0.666. The van der Waals surface area contributed by atoms with Gasteiger partial charge in [0, 0.05) is 12.1 Å². The highest BCUT2D eigenvalue weighted by atomic mass is 32.2. The van der Waals surface area contributed by atoms with Gasteiger partial charge in [-0.25, -0.2) is 21.9 Å². The highest BCUT2D eigenvalue weighted by molar-refractivity contribution is 7.89. The number of anilines is 1. The third kappa shape index (κ3) is 3.46. The number of rotatable bonds is 3. The van der Waals surface area contributed by atoms with E-state index >= 15 is 0 Å². The van der Waals surface area contributed by atoms with Crippen molar-refractivity contribution in [3.63, 3.8) is 0 Å². The van der Waals surface area contributed by atoms with Crippen molar-refractivity contribution in [1.29, 1.82) is 0 Å². The fraction of sp³-hybridized carbons (Fsp3) is 0.538. The van der Waals surface area contributed by atoms with Crippen LogP contribution in [-0.4, -0.2) is 14.5 Å². The van der Waals surface area contributed by atoms with Crippen LogP contribution in [0.5, 0.6) is 0 Å². The number of hydrogen-bond donors (Lipinski definition) is 2. The Kier molecular flexibility index (Phi) is 4.59. The molecule has 1 saturated carbocycles. The van der Waals surface area contributed by atoms with Crippen molar-refractivity contribution in [3.8, 4) is 0 Å². The van der Waals surface area contributed by atoms with E-state index in [1.54, 1.807) is 0 Å². The third-order valence-electron chi connectivity index (χ3n) is 3.52. The van der Waals surface area contributed by atoms with Crippen LogP contribution in [0.2, 0.25) is 0 Å². The van der Waals surface area contributed by atoms with Gasteiger partial charge >= 0.3 is 0 Å². The standard InChI is InChI=1S/C13H18F2N2O2S/c14-10-7-11(15)13(8-12(10)16)20(18,19)17-9-5-3-1-2-4-6-9/h7-9,17H,1-6,16H2. The predicted octanol–water partition coefficient (Wildman–Crippen LogP) is 2.55. The summed E-state index contributed by atoms with van der Waals surface area (Å²) in [6.07, 6.45) is 5.52. The second-order valence-corrected chi connectivity index (χ2v) is 6.80. The Hall–Kier alpha value is -1.21. The zero-order valence-electron chi connectivity index (χ0n) is 11.0. The van der Waals surface area contributed by atoms with Crippen LogP contribution in [0, 0.1) is 11.6 Å². The molecular formula is C13H18F2N2O2S. The van der Waals surface area contributed by atoms with E-state index in [9.17, 15) is 17.2 Å². The molecule has 4 nitrogen and oxygen atoms in total. The minimum absolute atomic E-state index is 0.201. The Morgan fingerprint density at radius 3 is 2.25 bits per heavy atom. The van der Waals surface area contributed by atoms with E-state index in [0.717, 1.165) is 44.6 Å². The maximum Gasteiger partial charge on any atom is 0.243 e. The molecule has 1 aliphatic carbocycles. The Morgan fingerprint density at radius 2 is 1.65 bits per heavy atom. The molecule has 2 rings (SSSR count). The van der Waals surface area contributed by atoms with Crippen LogP contribution in [0.4, 0.5) is 14.5 Å². The molecular weight excluding hydrogens is 286 g/mol. The minimum atomic E-state index is -4.02. The number of benzene rings is 1. The summed E-state index contributed by atoms with van der Waals surface area (Å²) in [7, 11) is -4.02. The van der Waals surface area contributed by atoms with Crippen LogP contribution in [-0.2, 0) is 10.0 Å². The average molecular weight is 304 g/mol. The van der Waals surface area contributed by atoms with Crippen molar-refractivity contribution in [3.05, 3.63) is 23.8 Å². The van der Waals surface area contributed by atoms with E-state index < -0.39 is 26.6 Å². The fourth-order valence-corrected chi connectivity index (χ4v) is 3.83. The Bertz CT molecular complexity index is 582. The number of sulfonamides is 1.